The molecule has 3 saturated heterocycles. The molecular formula is C18H31N3O6. The second-order valence-corrected chi connectivity index (χ2v) is 7.68. The molecule has 1 unspecified atom stereocenters. The van der Waals surface area contributed by atoms with E-state index in [9.17, 15) is 14.7 Å². The van der Waals surface area contributed by atoms with E-state index < -0.39 is 11.9 Å². The van der Waals surface area contributed by atoms with E-state index in [1.807, 2.05) is 0 Å². The first kappa shape index (κ1) is 21.6. The summed E-state index contributed by atoms with van der Waals surface area (Å²) in [7, 11) is 2.11. The fourth-order valence-corrected chi connectivity index (χ4v) is 4.33. The normalized spacial score (nSPS) is 26.1. The first-order chi connectivity index (χ1) is 12.9. The molecule has 9 nitrogen and oxygen atoms in total. The Labute approximate surface area is 159 Å². The van der Waals surface area contributed by atoms with Gasteiger partial charge in [-0.3, -0.25) is 19.3 Å². The third-order valence-corrected chi connectivity index (χ3v) is 5.96. The van der Waals surface area contributed by atoms with Crippen LogP contribution in [0.4, 0.5) is 0 Å². The van der Waals surface area contributed by atoms with Crippen LogP contribution in [0.5, 0.6) is 0 Å². The van der Waals surface area contributed by atoms with Crippen LogP contribution >= 0.6 is 0 Å². The summed E-state index contributed by atoms with van der Waals surface area (Å²) in [5, 5.41) is 16.5. The average Bonchev–Trinajstić information content (AvgIpc) is 2.87. The van der Waals surface area contributed by atoms with Gasteiger partial charge in [0.1, 0.15) is 0 Å². The van der Waals surface area contributed by atoms with Crippen molar-refractivity contribution in [3.8, 4) is 0 Å². The molecule has 3 heterocycles. The fraction of sp³-hybridized carbons (Fsp3) is 0.833. The van der Waals surface area contributed by atoms with E-state index in [0.29, 0.717) is 32.8 Å². The zero-order valence-corrected chi connectivity index (χ0v) is 16.0. The van der Waals surface area contributed by atoms with Crippen molar-refractivity contribution < 1.29 is 29.3 Å². The van der Waals surface area contributed by atoms with Gasteiger partial charge in [-0.2, -0.15) is 0 Å². The van der Waals surface area contributed by atoms with Gasteiger partial charge in [-0.15, -0.1) is 0 Å². The molecule has 3 rings (SSSR count). The highest BCUT2D eigenvalue weighted by molar-refractivity contribution is 5.81. The summed E-state index contributed by atoms with van der Waals surface area (Å²) >= 11 is 0. The van der Waals surface area contributed by atoms with E-state index in [2.05, 4.69) is 16.8 Å². The molecule has 27 heavy (non-hydrogen) atoms. The van der Waals surface area contributed by atoms with Crippen molar-refractivity contribution >= 4 is 18.3 Å². The number of hydrogen-bond acceptors (Lipinski definition) is 6. The molecule has 3 aliphatic rings. The van der Waals surface area contributed by atoms with E-state index in [1.165, 1.54) is 0 Å². The Morgan fingerprint density at radius 3 is 2.48 bits per heavy atom. The molecule has 0 bridgehead atoms. The molecule has 154 valence electrons. The highest BCUT2D eigenvalue weighted by Gasteiger charge is 2.51. The van der Waals surface area contributed by atoms with Gasteiger partial charge in [0.2, 0.25) is 5.91 Å². The maximum absolute atomic E-state index is 12.7. The van der Waals surface area contributed by atoms with Crippen molar-refractivity contribution in [3.05, 3.63) is 0 Å². The van der Waals surface area contributed by atoms with Crippen molar-refractivity contribution in [2.24, 2.45) is 11.3 Å². The third kappa shape index (κ3) is 5.63. The van der Waals surface area contributed by atoms with Gasteiger partial charge >= 0.3 is 5.97 Å². The first-order valence-electron chi connectivity index (χ1n) is 9.49. The molecular weight excluding hydrogens is 354 g/mol. The SMILES string of the molecule is CN1CCCN(CC(=O)N2CC(C(=O)O)C3(CCOCC3)C2)CC1.O=CO. The minimum atomic E-state index is -0.774. The number of aliphatic carboxylic acids is 1. The van der Waals surface area contributed by atoms with Crippen LogP contribution in [0.3, 0.4) is 0 Å². The van der Waals surface area contributed by atoms with Crippen LogP contribution in [0.2, 0.25) is 0 Å². The summed E-state index contributed by atoms with van der Waals surface area (Å²) < 4.78 is 5.42. The van der Waals surface area contributed by atoms with Crippen molar-refractivity contribution in [1.82, 2.24) is 14.7 Å². The molecule has 1 spiro atoms. The van der Waals surface area contributed by atoms with Gasteiger partial charge in [0.15, 0.2) is 0 Å². The molecule has 1 atom stereocenters. The second kappa shape index (κ2) is 10.0. The lowest BCUT2D eigenvalue weighted by atomic mass is 9.72. The molecule has 0 aromatic carbocycles. The van der Waals surface area contributed by atoms with Gasteiger partial charge in [-0.05, 0) is 39.4 Å². The summed E-state index contributed by atoms with van der Waals surface area (Å²) in [4.78, 5) is 39.1. The number of likely N-dealkylation sites (tertiary alicyclic amines) is 1. The molecule has 0 saturated carbocycles. The summed E-state index contributed by atoms with van der Waals surface area (Å²) in [5.74, 6) is -1.15. The molecule has 0 aromatic heterocycles. The van der Waals surface area contributed by atoms with Gasteiger partial charge in [-0.1, -0.05) is 0 Å². The molecule has 1 amide bonds. The predicted octanol–water partition coefficient (Wildman–Crippen LogP) is -0.335. The lowest BCUT2D eigenvalue weighted by Gasteiger charge is -2.36. The van der Waals surface area contributed by atoms with Crippen LogP contribution in [0, 0.1) is 11.3 Å². The highest BCUT2D eigenvalue weighted by atomic mass is 16.5. The lowest BCUT2D eigenvalue weighted by Crippen LogP contribution is -2.42. The van der Waals surface area contributed by atoms with Gasteiger partial charge in [0, 0.05) is 44.8 Å². The van der Waals surface area contributed by atoms with Crippen LogP contribution in [0.25, 0.3) is 0 Å². The maximum Gasteiger partial charge on any atom is 0.308 e. The van der Waals surface area contributed by atoms with Gasteiger partial charge in [0.25, 0.3) is 6.47 Å². The number of rotatable bonds is 3. The van der Waals surface area contributed by atoms with Crippen molar-refractivity contribution in [3.63, 3.8) is 0 Å². The highest BCUT2D eigenvalue weighted by Crippen LogP contribution is 2.44. The minimum Gasteiger partial charge on any atom is -0.483 e. The molecule has 0 radical (unpaired) electrons. The molecule has 3 fully saturated rings. The number of hydrogen-bond donors (Lipinski definition) is 2. The Morgan fingerprint density at radius 2 is 1.85 bits per heavy atom. The van der Waals surface area contributed by atoms with E-state index in [0.717, 1.165) is 45.4 Å². The summed E-state index contributed by atoms with van der Waals surface area (Å²) in [6, 6.07) is 0. The number of likely N-dealkylation sites (N-methyl/N-ethyl adjacent to an activating group) is 1. The molecule has 9 heteroatoms. The Balaban J connectivity index is 0.000000817. The summed E-state index contributed by atoms with van der Waals surface area (Å²) in [6.45, 7) is 6.16. The van der Waals surface area contributed by atoms with E-state index in [4.69, 9.17) is 14.6 Å². The van der Waals surface area contributed by atoms with E-state index in [-0.39, 0.29) is 17.8 Å². The molecule has 2 N–H and O–H groups in total. The van der Waals surface area contributed by atoms with Crippen LogP contribution < -0.4 is 0 Å². The number of amides is 1. The Kier molecular flexibility index (Phi) is 8.00. The standard InChI is InChI=1S/C17H29N3O4.CH2O2/c1-18-5-2-6-19(8-7-18)12-15(21)20-11-14(16(22)23)17(13-20)3-9-24-10-4-17;2-1-3/h14H,2-13H2,1H3,(H,22,23);1H,(H,2,3). The van der Waals surface area contributed by atoms with Crippen molar-refractivity contribution in [2.45, 2.75) is 19.3 Å². The number of carbonyl (C=O) groups excluding carboxylic acids is 1. The van der Waals surface area contributed by atoms with Gasteiger partial charge in [-0.25, -0.2) is 0 Å². The smallest absolute Gasteiger partial charge is 0.308 e. The van der Waals surface area contributed by atoms with Crippen molar-refractivity contribution in [1.29, 1.82) is 0 Å². The van der Waals surface area contributed by atoms with E-state index in [1.54, 1.807) is 4.90 Å². The number of carboxylic acids is 1. The third-order valence-electron chi connectivity index (χ3n) is 5.96. The Bertz CT molecular complexity index is 523. The zero-order chi connectivity index (χ0) is 19.9. The zero-order valence-electron chi connectivity index (χ0n) is 16.0. The van der Waals surface area contributed by atoms with Crippen LogP contribution in [0.1, 0.15) is 19.3 Å². The monoisotopic (exact) mass is 385 g/mol. The van der Waals surface area contributed by atoms with Crippen LogP contribution in [-0.4, -0.2) is 109 Å². The minimum absolute atomic E-state index is 0.0779. The molecule has 0 aliphatic carbocycles. The lowest BCUT2D eigenvalue weighted by molar-refractivity contribution is -0.147. The largest absolute Gasteiger partial charge is 0.483 e. The first-order valence-corrected chi connectivity index (χ1v) is 9.49. The van der Waals surface area contributed by atoms with Crippen LogP contribution in [-0.2, 0) is 19.1 Å². The predicted molar refractivity (Wildman–Crippen MR) is 97.4 cm³/mol. The quantitative estimate of drug-likeness (QED) is 0.635. The summed E-state index contributed by atoms with van der Waals surface area (Å²) in [6.07, 6.45) is 2.55. The fourth-order valence-electron chi connectivity index (χ4n) is 4.33. The summed E-state index contributed by atoms with van der Waals surface area (Å²) in [5.41, 5.74) is -0.293. The topological polar surface area (TPSA) is 111 Å². The van der Waals surface area contributed by atoms with Gasteiger partial charge in [0.05, 0.1) is 12.5 Å². The second-order valence-electron chi connectivity index (χ2n) is 7.68. The number of carboxylic acid groups (broad SMARTS) is 2. The molecule has 3 aliphatic heterocycles. The number of ether oxygens (including phenoxy) is 1. The number of nitrogens with zero attached hydrogens (tertiary/aromatic N) is 3. The molecule has 0 aromatic rings. The van der Waals surface area contributed by atoms with Crippen molar-refractivity contribution in [2.75, 3.05) is 66.1 Å². The Hall–Kier alpha value is -1.71. The van der Waals surface area contributed by atoms with Gasteiger partial charge < -0.3 is 24.7 Å². The Morgan fingerprint density at radius 1 is 1.19 bits per heavy atom. The van der Waals surface area contributed by atoms with Crippen LogP contribution in [0.15, 0.2) is 0 Å². The number of carbonyl (C=O) groups is 3. The van der Waals surface area contributed by atoms with E-state index >= 15 is 0 Å². The maximum atomic E-state index is 12.7. The average molecular weight is 385 g/mol.